The Balaban J connectivity index is 0.000000454. The van der Waals surface area contributed by atoms with Gasteiger partial charge in [-0.25, -0.2) is 12.1 Å². The minimum Gasteiger partial charge on any atom is -0.299 e. The maximum atomic E-state index is 9.89. The maximum absolute atomic E-state index is 9.89. The van der Waals surface area contributed by atoms with Gasteiger partial charge in [0, 0.05) is 17.1 Å². The summed E-state index contributed by atoms with van der Waals surface area (Å²) in [4.78, 5) is 9.89. The first-order chi connectivity index (χ1) is 8.93. The minimum absolute atomic E-state index is 0. The van der Waals surface area contributed by atoms with Crippen LogP contribution in [0.3, 0.4) is 0 Å². The first-order valence-electron chi connectivity index (χ1n) is 5.77. The van der Waals surface area contributed by atoms with Crippen molar-refractivity contribution in [3.63, 3.8) is 0 Å². The molecule has 2 aromatic rings. The molecular formula is C17H16FeO-2. The van der Waals surface area contributed by atoms with Gasteiger partial charge in [-0.2, -0.15) is 30.3 Å². The van der Waals surface area contributed by atoms with Crippen molar-refractivity contribution in [1.82, 2.24) is 0 Å². The van der Waals surface area contributed by atoms with E-state index in [4.69, 9.17) is 0 Å². The Morgan fingerprint density at radius 2 is 1.37 bits per heavy atom. The van der Waals surface area contributed by atoms with Gasteiger partial charge >= 0.3 is 0 Å². The van der Waals surface area contributed by atoms with Gasteiger partial charge in [-0.3, -0.25) is 4.79 Å². The van der Waals surface area contributed by atoms with Crippen LogP contribution in [-0.4, -0.2) is 6.29 Å². The van der Waals surface area contributed by atoms with E-state index in [1.165, 1.54) is 11.6 Å². The van der Waals surface area contributed by atoms with Crippen LogP contribution in [-0.2, 0) is 21.9 Å². The molecule has 0 saturated heterocycles. The van der Waals surface area contributed by atoms with Crippen LogP contribution < -0.4 is 0 Å². The van der Waals surface area contributed by atoms with Crippen LogP contribution in [0, 0.1) is 0 Å². The SMILES string of the molecule is O=CC=CC=CC=C[c-]1cccc1.[Fe].c1cc[cH-]c1. The zero-order valence-corrected chi connectivity index (χ0v) is 11.6. The zero-order chi connectivity index (χ0) is 12.9. The molecule has 0 bridgehead atoms. The van der Waals surface area contributed by atoms with Gasteiger partial charge in [0.15, 0.2) is 0 Å². The second-order valence-corrected chi connectivity index (χ2v) is 3.45. The molecule has 0 spiro atoms. The van der Waals surface area contributed by atoms with E-state index in [-0.39, 0.29) is 17.1 Å². The molecule has 2 heteroatoms. The average Bonchev–Trinajstić information content (AvgIpc) is 3.07. The van der Waals surface area contributed by atoms with Crippen molar-refractivity contribution in [3.8, 4) is 0 Å². The molecule has 0 radical (unpaired) electrons. The van der Waals surface area contributed by atoms with Crippen molar-refractivity contribution in [3.05, 3.63) is 90.5 Å². The molecule has 0 aliphatic heterocycles. The smallest absolute Gasteiger partial charge is 0.142 e. The molecule has 1 nitrogen and oxygen atoms in total. The van der Waals surface area contributed by atoms with Gasteiger partial charge in [0.2, 0.25) is 0 Å². The van der Waals surface area contributed by atoms with Crippen LogP contribution in [0.25, 0.3) is 6.08 Å². The number of carbonyl (C=O) groups is 1. The van der Waals surface area contributed by atoms with E-state index in [1.54, 1.807) is 6.08 Å². The summed E-state index contributed by atoms with van der Waals surface area (Å²) in [5.74, 6) is 0. The summed E-state index contributed by atoms with van der Waals surface area (Å²) >= 11 is 0. The molecule has 0 aromatic heterocycles. The third-order valence-corrected chi connectivity index (χ3v) is 2.06. The van der Waals surface area contributed by atoms with Crippen molar-refractivity contribution in [1.29, 1.82) is 0 Å². The third kappa shape index (κ3) is 9.78. The van der Waals surface area contributed by atoms with E-state index in [0.717, 1.165) is 6.29 Å². The quantitative estimate of drug-likeness (QED) is 0.272. The molecule has 0 aliphatic carbocycles. The number of allylic oxidation sites excluding steroid dienone is 5. The second-order valence-electron chi connectivity index (χ2n) is 3.45. The number of rotatable bonds is 4. The van der Waals surface area contributed by atoms with Gasteiger partial charge < -0.3 is 0 Å². The standard InChI is InChI=1S/C12H11O.C5H5.Fe/c13-11-7-3-1-2-4-8-12-9-5-6-10-12;1-2-4-5-3-1;/h1-11H;1-5H;/q2*-1;. The summed E-state index contributed by atoms with van der Waals surface area (Å²) in [6, 6.07) is 18.1. The van der Waals surface area contributed by atoms with Crippen LogP contribution in [0.4, 0.5) is 0 Å². The van der Waals surface area contributed by atoms with E-state index in [1.807, 2.05) is 78.9 Å². The Bertz CT molecular complexity index is 456. The molecule has 0 saturated carbocycles. The van der Waals surface area contributed by atoms with Crippen LogP contribution in [0.15, 0.2) is 85.0 Å². The van der Waals surface area contributed by atoms with E-state index in [2.05, 4.69) is 0 Å². The largest absolute Gasteiger partial charge is 0.299 e. The molecule has 0 amide bonds. The van der Waals surface area contributed by atoms with Gasteiger partial charge in [-0.15, -0.1) is 35.9 Å². The van der Waals surface area contributed by atoms with Crippen LogP contribution >= 0.6 is 0 Å². The Labute approximate surface area is 125 Å². The molecule has 0 heterocycles. The van der Waals surface area contributed by atoms with Crippen molar-refractivity contribution in [2.45, 2.75) is 0 Å². The number of carbonyl (C=O) groups excluding carboxylic acids is 1. The average molecular weight is 292 g/mol. The van der Waals surface area contributed by atoms with Gasteiger partial charge in [-0.05, 0) is 6.08 Å². The Hall–Kier alpha value is -1.89. The molecule has 0 N–H and O–H groups in total. The molecule has 2 aromatic carbocycles. The van der Waals surface area contributed by atoms with Crippen LogP contribution in [0.5, 0.6) is 0 Å². The number of hydrogen-bond donors (Lipinski definition) is 0. The summed E-state index contributed by atoms with van der Waals surface area (Å²) in [5, 5.41) is 0. The fraction of sp³-hybridized carbons (Fsp3) is 0. The van der Waals surface area contributed by atoms with Crippen molar-refractivity contribution < 1.29 is 21.9 Å². The maximum Gasteiger partial charge on any atom is 0.142 e. The number of hydrogen-bond acceptors (Lipinski definition) is 1. The first kappa shape index (κ1) is 17.1. The molecule has 100 valence electrons. The van der Waals surface area contributed by atoms with Gasteiger partial charge in [0.1, 0.15) is 6.29 Å². The second kappa shape index (κ2) is 12.6. The van der Waals surface area contributed by atoms with Crippen molar-refractivity contribution in [2.24, 2.45) is 0 Å². The molecule has 2 rings (SSSR count). The minimum atomic E-state index is 0. The van der Waals surface area contributed by atoms with Crippen LogP contribution in [0.1, 0.15) is 5.56 Å². The molecule has 0 fully saturated rings. The monoisotopic (exact) mass is 292 g/mol. The topological polar surface area (TPSA) is 17.1 Å². The number of aldehydes is 1. The third-order valence-electron chi connectivity index (χ3n) is 2.06. The van der Waals surface area contributed by atoms with Crippen LogP contribution in [0.2, 0.25) is 0 Å². The van der Waals surface area contributed by atoms with E-state index >= 15 is 0 Å². The molecule has 0 aliphatic rings. The van der Waals surface area contributed by atoms with E-state index in [0.29, 0.717) is 0 Å². The molecule has 19 heavy (non-hydrogen) atoms. The summed E-state index contributed by atoms with van der Waals surface area (Å²) in [5.41, 5.74) is 1.18. The first-order valence-corrected chi connectivity index (χ1v) is 5.77. The van der Waals surface area contributed by atoms with Crippen molar-refractivity contribution in [2.75, 3.05) is 0 Å². The fourth-order valence-corrected chi connectivity index (χ4v) is 1.23. The van der Waals surface area contributed by atoms with E-state index < -0.39 is 0 Å². The normalized spacial score (nSPS) is 10.3. The summed E-state index contributed by atoms with van der Waals surface area (Å²) in [7, 11) is 0. The molecule has 0 unspecified atom stereocenters. The van der Waals surface area contributed by atoms with Gasteiger partial charge in [-0.1, -0.05) is 12.2 Å². The zero-order valence-electron chi connectivity index (χ0n) is 10.5. The van der Waals surface area contributed by atoms with E-state index in [9.17, 15) is 4.79 Å². The molecule has 0 atom stereocenters. The summed E-state index contributed by atoms with van der Waals surface area (Å²) in [6.07, 6.45) is 11.5. The van der Waals surface area contributed by atoms with Gasteiger partial charge in [0.25, 0.3) is 0 Å². The Kier molecular flexibility index (Phi) is 11.3. The van der Waals surface area contributed by atoms with Gasteiger partial charge in [0.05, 0.1) is 0 Å². The summed E-state index contributed by atoms with van der Waals surface area (Å²) < 4.78 is 0. The molecular weight excluding hydrogens is 276 g/mol. The predicted octanol–water partition coefficient (Wildman–Crippen LogP) is 4.13. The Morgan fingerprint density at radius 1 is 0.789 bits per heavy atom. The predicted molar refractivity (Wildman–Crippen MR) is 77.4 cm³/mol. The fourth-order valence-electron chi connectivity index (χ4n) is 1.23. The Morgan fingerprint density at radius 3 is 1.89 bits per heavy atom. The summed E-state index contributed by atoms with van der Waals surface area (Å²) in [6.45, 7) is 0. The van der Waals surface area contributed by atoms with Crippen molar-refractivity contribution >= 4 is 12.4 Å².